The van der Waals surface area contributed by atoms with E-state index < -0.39 is 23.8 Å². The molecule has 148 valence electrons. The van der Waals surface area contributed by atoms with E-state index in [1.165, 1.54) is 11.2 Å². The number of likely N-dealkylation sites (tertiary alicyclic amines) is 1. The summed E-state index contributed by atoms with van der Waals surface area (Å²) in [5.74, 6) is -1.80. The monoisotopic (exact) mass is 396 g/mol. The Kier molecular flexibility index (Phi) is 4.53. The van der Waals surface area contributed by atoms with Crippen molar-refractivity contribution in [3.05, 3.63) is 47.9 Å². The highest BCUT2D eigenvalue weighted by Crippen LogP contribution is 2.34. The van der Waals surface area contributed by atoms with E-state index in [-0.39, 0.29) is 37.3 Å². The molecule has 3 aliphatic rings. The van der Waals surface area contributed by atoms with E-state index in [9.17, 15) is 22.4 Å². The summed E-state index contributed by atoms with van der Waals surface area (Å²) in [6.07, 6.45) is 1.32. The Morgan fingerprint density at radius 3 is 2.86 bits per heavy atom. The van der Waals surface area contributed by atoms with E-state index in [1.54, 1.807) is 17.2 Å². The molecule has 0 radical (unpaired) electrons. The summed E-state index contributed by atoms with van der Waals surface area (Å²) >= 11 is 0. The molecule has 7 nitrogen and oxygen atoms in total. The molecule has 4 rings (SSSR count). The molecule has 1 aromatic heterocycles. The lowest BCUT2D eigenvalue weighted by Crippen LogP contribution is -2.35. The van der Waals surface area contributed by atoms with Gasteiger partial charge in [-0.25, -0.2) is 14.8 Å². The number of nitrogens with zero attached hydrogens (tertiary/aromatic N) is 4. The smallest absolute Gasteiger partial charge is 0.356 e. The van der Waals surface area contributed by atoms with Crippen LogP contribution in [0.15, 0.2) is 47.1 Å². The van der Waals surface area contributed by atoms with E-state index in [4.69, 9.17) is 0 Å². The standard InChI is InChI=1S/C17H16F4N6O/c18-11-5-12(7-22-6-11)24-16(28)13-8-23-27-4-2-14(25-15(13)27)26-3-1-10(9-26)17(19,20)21/h2,4-7,10,23H,1,3,8-9H2,(H,24,28). The van der Waals surface area contributed by atoms with Crippen molar-refractivity contribution in [2.45, 2.75) is 12.6 Å². The minimum Gasteiger partial charge on any atom is -0.356 e. The normalized spacial score (nSPS) is 21.9. The maximum absolute atomic E-state index is 13.2. The molecule has 1 unspecified atom stereocenters. The van der Waals surface area contributed by atoms with Crippen molar-refractivity contribution >= 4 is 17.4 Å². The second-order valence-corrected chi connectivity index (χ2v) is 6.61. The van der Waals surface area contributed by atoms with Gasteiger partial charge in [-0.1, -0.05) is 0 Å². The van der Waals surface area contributed by atoms with Crippen LogP contribution in [0.3, 0.4) is 0 Å². The molecule has 1 fully saturated rings. The Morgan fingerprint density at radius 2 is 2.14 bits per heavy atom. The summed E-state index contributed by atoms with van der Waals surface area (Å²) in [4.78, 5) is 22.2. The number of anilines is 1. The van der Waals surface area contributed by atoms with Gasteiger partial charge in [0, 0.05) is 31.9 Å². The molecular weight excluding hydrogens is 380 g/mol. The van der Waals surface area contributed by atoms with Crippen molar-refractivity contribution in [1.82, 2.24) is 20.3 Å². The minimum atomic E-state index is -4.24. The average molecular weight is 396 g/mol. The predicted octanol–water partition coefficient (Wildman–Crippen LogP) is 2.00. The highest BCUT2D eigenvalue weighted by molar-refractivity contribution is 6.05. The number of carbonyl (C=O) groups is 1. The maximum atomic E-state index is 13.2. The Balaban J connectivity index is 1.54. The van der Waals surface area contributed by atoms with Crippen molar-refractivity contribution in [3.8, 4) is 0 Å². The molecule has 1 atom stereocenters. The number of rotatable bonds is 2. The Bertz CT molecular complexity index is 894. The zero-order chi connectivity index (χ0) is 19.9. The van der Waals surface area contributed by atoms with Crippen molar-refractivity contribution in [2.75, 3.05) is 25.0 Å². The van der Waals surface area contributed by atoms with Crippen LogP contribution in [0.2, 0.25) is 0 Å². The molecule has 11 heteroatoms. The first kappa shape index (κ1) is 18.4. The van der Waals surface area contributed by atoms with E-state index in [0.717, 1.165) is 12.3 Å². The number of hydrogen-bond donors (Lipinski definition) is 2. The van der Waals surface area contributed by atoms with Gasteiger partial charge in [-0.3, -0.25) is 14.8 Å². The Morgan fingerprint density at radius 1 is 1.32 bits per heavy atom. The number of pyridine rings is 1. The second-order valence-electron chi connectivity index (χ2n) is 6.61. The first-order valence-corrected chi connectivity index (χ1v) is 8.57. The van der Waals surface area contributed by atoms with Gasteiger partial charge in [-0.15, -0.1) is 0 Å². The summed E-state index contributed by atoms with van der Waals surface area (Å²) < 4.78 is 52.0. The largest absolute Gasteiger partial charge is 0.393 e. The van der Waals surface area contributed by atoms with Gasteiger partial charge in [0.25, 0.3) is 5.91 Å². The van der Waals surface area contributed by atoms with E-state index in [0.29, 0.717) is 11.7 Å². The number of fused-ring (bicyclic) bond motifs is 1. The van der Waals surface area contributed by atoms with Gasteiger partial charge in [0.05, 0.1) is 29.6 Å². The number of nitrogens with one attached hydrogen (secondary N) is 2. The van der Waals surface area contributed by atoms with Gasteiger partial charge in [0.2, 0.25) is 0 Å². The predicted molar refractivity (Wildman–Crippen MR) is 92.0 cm³/mol. The summed E-state index contributed by atoms with van der Waals surface area (Å²) in [7, 11) is 0. The number of amidine groups is 1. The number of amides is 1. The zero-order valence-electron chi connectivity index (χ0n) is 14.5. The third-order valence-corrected chi connectivity index (χ3v) is 4.73. The molecule has 1 saturated heterocycles. The first-order valence-electron chi connectivity index (χ1n) is 8.57. The lowest BCUT2D eigenvalue weighted by molar-refractivity contribution is -0.169. The molecule has 0 bridgehead atoms. The minimum absolute atomic E-state index is 0.0112. The second kappa shape index (κ2) is 6.89. The summed E-state index contributed by atoms with van der Waals surface area (Å²) in [6.45, 7) is 0.255. The molecule has 1 amide bonds. The van der Waals surface area contributed by atoms with Crippen LogP contribution in [-0.4, -0.2) is 52.4 Å². The molecule has 0 aliphatic carbocycles. The lowest BCUT2D eigenvalue weighted by Gasteiger charge is -2.25. The van der Waals surface area contributed by atoms with Crippen LogP contribution < -0.4 is 10.7 Å². The number of hydrazine groups is 1. The van der Waals surface area contributed by atoms with E-state index >= 15 is 0 Å². The fourth-order valence-corrected chi connectivity index (χ4v) is 3.28. The third-order valence-electron chi connectivity index (χ3n) is 4.73. The number of aliphatic imine (C=N–C) groups is 1. The van der Waals surface area contributed by atoms with Crippen LogP contribution >= 0.6 is 0 Å². The molecule has 28 heavy (non-hydrogen) atoms. The Labute approximate surface area is 157 Å². The van der Waals surface area contributed by atoms with Crippen LogP contribution in [0.25, 0.3) is 0 Å². The van der Waals surface area contributed by atoms with Crippen LogP contribution in [0, 0.1) is 11.7 Å². The average Bonchev–Trinajstić information content (AvgIpc) is 3.28. The number of halogens is 4. The van der Waals surface area contributed by atoms with Crippen LogP contribution in [0.5, 0.6) is 0 Å². The highest BCUT2D eigenvalue weighted by atomic mass is 19.4. The van der Waals surface area contributed by atoms with Crippen molar-refractivity contribution in [1.29, 1.82) is 0 Å². The van der Waals surface area contributed by atoms with Gasteiger partial charge in [-0.2, -0.15) is 13.2 Å². The molecule has 0 spiro atoms. The van der Waals surface area contributed by atoms with E-state index in [2.05, 4.69) is 20.7 Å². The number of hydrogen-bond acceptors (Lipinski definition) is 6. The number of carbonyl (C=O) groups excluding carboxylic acids is 1. The third kappa shape index (κ3) is 3.57. The van der Waals surface area contributed by atoms with Crippen molar-refractivity contribution < 1.29 is 22.4 Å². The van der Waals surface area contributed by atoms with E-state index in [1.807, 2.05) is 0 Å². The van der Waals surface area contributed by atoms with Crippen LogP contribution in [-0.2, 0) is 4.79 Å². The molecule has 2 N–H and O–H groups in total. The van der Waals surface area contributed by atoms with Gasteiger partial charge in [-0.05, 0) is 12.5 Å². The quantitative estimate of drug-likeness (QED) is 0.749. The molecule has 0 saturated carbocycles. The van der Waals surface area contributed by atoms with Gasteiger partial charge >= 0.3 is 6.18 Å². The van der Waals surface area contributed by atoms with Gasteiger partial charge in [0.1, 0.15) is 11.7 Å². The van der Waals surface area contributed by atoms with Crippen LogP contribution in [0.4, 0.5) is 23.2 Å². The lowest BCUT2D eigenvalue weighted by atomic mass is 10.1. The van der Waals surface area contributed by atoms with Gasteiger partial charge < -0.3 is 10.2 Å². The topological polar surface area (TPSA) is 72.9 Å². The zero-order valence-corrected chi connectivity index (χ0v) is 14.5. The number of alkyl halides is 3. The molecule has 3 aliphatic heterocycles. The molecule has 4 heterocycles. The fraction of sp³-hybridized carbons (Fsp3) is 0.353. The summed E-state index contributed by atoms with van der Waals surface area (Å²) in [5.41, 5.74) is 3.43. The van der Waals surface area contributed by atoms with Crippen molar-refractivity contribution in [3.63, 3.8) is 0 Å². The van der Waals surface area contributed by atoms with Crippen molar-refractivity contribution in [2.24, 2.45) is 10.9 Å². The summed E-state index contributed by atoms with van der Waals surface area (Å²) in [6, 6.07) is 1.13. The number of aromatic nitrogens is 1. The highest BCUT2D eigenvalue weighted by Gasteiger charge is 2.44. The molecule has 1 aromatic rings. The first-order chi connectivity index (χ1) is 13.3. The SMILES string of the molecule is O=C(Nc1cncc(F)c1)C1=C2N=C(N3CCC(C(F)(F)F)C3)C=CN2NC1. The molecule has 0 aromatic carbocycles. The Hall–Kier alpha value is -2.95. The maximum Gasteiger partial charge on any atom is 0.393 e. The van der Waals surface area contributed by atoms with Crippen LogP contribution in [0.1, 0.15) is 6.42 Å². The summed E-state index contributed by atoms with van der Waals surface area (Å²) in [5, 5.41) is 4.07. The fourth-order valence-electron chi connectivity index (χ4n) is 3.28. The molecular formula is C17H16F4N6O. The van der Waals surface area contributed by atoms with Gasteiger partial charge in [0.15, 0.2) is 5.82 Å².